The SMILES string of the molecule is CCCCC(Nc1ccncc1)c1cccs1.Cl. The molecule has 0 saturated carbocycles. The van der Waals surface area contributed by atoms with Crippen LogP contribution in [-0.2, 0) is 0 Å². The minimum absolute atomic E-state index is 0. The molecular formula is C14H19ClN2S. The Morgan fingerprint density at radius 1 is 1.28 bits per heavy atom. The van der Waals surface area contributed by atoms with Crippen LogP contribution in [0.4, 0.5) is 5.69 Å². The van der Waals surface area contributed by atoms with Crippen molar-refractivity contribution in [2.45, 2.75) is 32.2 Å². The van der Waals surface area contributed by atoms with Crippen LogP contribution in [0.25, 0.3) is 0 Å². The number of hydrogen-bond acceptors (Lipinski definition) is 3. The first kappa shape index (κ1) is 15.0. The third kappa shape index (κ3) is 4.31. The van der Waals surface area contributed by atoms with Gasteiger partial charge in [-0.25, -0.2) is 0 Å². The Labute approximate surface area is 119 Å². The fraction of sp³-hybridized carbons (Fsp3) is 0.357. The van der Waals surface area contributed by atoms with Gasteiger partial charge in [0.05, 0.1) is 6.04 Å². The molecule has 2 rings (SSSR count). The lowest BCUT2D eigenvalue weighted by Gasteiger charge is -2.18. The average Bonchev–Trinajstić information content (AvgIpc) is 2.89. The summed E-state index contributed by atoms with van der Waals surface area (Å²) >= 11 is 1.82. The Bertz CT molecular complexity index is 417. The van der Waals surface area contributed by atoms with E-state index in [9.17, 15) is 0 Å². The molecule has 0 fully saturated rings. The van der Waals surface area contributed by atoms with Crippen molar-refractivity contribution in [1.82, 2.24) is 4.98 Å². The van der Waals surface area contributed by atoms with E-state index in [2.05, 4.69) is 34.7 Å². The van der Waals surface area contributed by atoms with Crippen LogP contribution in [0.5, 0.6) is 0 Å². The zero-order chi connectivity index (χ0) is 11.9. The topological polar surface area (TPSA) is 24.9 Å². The molecule has 2 aromatic heterocycles. The van der Waals surface area contributed by atoms with E-state index in [-0.39, 0.29) is 12.4 Å². The lowest BCUT2D eigenvalue weighted by Crippen LogP contribution is -2.09. The molecule has 0 amide bonds. The second-order valence-electron chi connectivity index (χ2n) is 4.09. The van der Waals surface area contributed by atoms with Gasteiger partial charge in [0.15, 0.2) is 0 Å². The van der Waals surface area contributed by atoms with Crippen LogP contribution in [0.2, 0.25) is 0 Å². The minimum Gasteiger partial charge on any atom is -0.377 e. The molecule has 0 spiro atoms. The molecule has 2 nitrogen and oxygen atoms in total. The summed E-state index contributed by atoms with van der Waals surface area (Å²) in [6.07, 6.45) is 7.32. The maximum absolute atomic E-state index is 4.04. The summed E-state index contributed by atoms with van der Waals surface area (Å²) in [5.74, 6) is 0. The minimum atomic E-state index is 0. The highest BCUT2D eigenvalue weighted by atomic mass is 35.5. The molecule has 4 heteroatoms. The fourth-order valence-corrected chi connectivity index (χ4v) is 2.65. The molecule has 0 aromatic carbocycles. The smallest absolute Gasteiger partial charge is 0.0606 e. The molecule has 0 aliphatic rings. The number of thiophene rings is 1. The monoisotopic (exact) mass is 282 g/mol. The van der Waals surface area contributed by atoms with E-state index >= 15 is 0 Å². The van der Waals surface area contributed by atoms with E-state index in [0.29, 0.717) is 6.04 Å². The van der Waals surface area contributed by atoms with E-state index < -0.39 is 0 Å². The molecule has 2 aromatic rings. The van der Waals surface area contributed by atoms with Gasteiger partial charge < -0.3 is 5.32 Å². The summed E-state index contributed by atoms with van der Waals surface area (Å²) in [5, 5.41) is 5.73. The van der Waals surface area contributed by atoms with E-state index in [1.807, 2.05) is 35.9 Å². The van der Waals surface area contributed by atoms with Crippen molar-refractivity contribution in [3.05, 3.63) is 46.9 Å². The van der Waals surface area contributed by atoms with Crippen LogP contribution in [0.1, 0.15) is 37.1 Å². The Morgan fingerprint density at radius 3 is 2.67 bits per heavy atom. The van der Waals surface area contributed by atoms with Crippen LogP contribution < -0.4 is 5.32 Å². The molecule has 2 heterocycles. The maximum Gasteiger partial charge on any atom is 0.0606 e. The molecule has 0 aliphatic heterocycles. The molecule has 1 atom stereocenters. The first-order valence-electron chi connectivity index (χ1n) is 6.10. The molecule has 18 heavy (non-hydrogen) atoms. The van der Waals surface area contributed by atoms with E-state index in [1.54, 1.807) is 0 Å². The largest absolute Gasteiger partial charge is 0.377 e. The van der Waals surface area contributed by atoms with E-state index in [4.69, 9.17) is 0 Å². The summed E-state index contributed by atoms with van der Waals surface area (Å²) in [4.78, 5) is 5.45. The number of unbranched alkanes of at least 4 members (excludes halogenated alkanes) is 1. The highest BCUT2D eigenvalue weighted by molar-refractivity contribution is 7.10. The van der Waals surface area contributed by atoms with Crippen LogP contribution in [0.3, 0.4) is 0 Å². The number of hydrogen-bond donors (Lipinski definition) is 1. The van der Waals surface area contributed by atoms with Crippen LogP contribution in [0.15, 0.2) is 42.0 Å². The number of pyridine rings is 1. The number of nitrogens with one attached hydrogen (secondary N) is 1. The molecule has 98 valence electrons. The van der Waals surface area contributed by atoms with Gasteiger partial charge in [-0.05, 0) is 30.0 Å². The Hall–Kier alpha value is -1.06. The Morgan fingerprint density at radius 2 is 2.06 bits per heavy atom. The van der Waals surface area contributed by atoms with Gasteiger partial charge in [-0.1, -0.05) is 25.8 Å². The van der Waals surface area contributed by atoms with Gasteiger partial charge in [0.25, 0.3) is 0 Å². The summed E-state index contributed by atoms with van der Waals surface area (Å²) < 4.78 is 0. The fourth-order valence-electron chi connectivity index (χ4n) is 1.83. The standard InChI is InChI=1S/C14H18N2S.ClH/c1-2-3-5-13(14-6-4-11-17-14)16-12-7-9-15-10-8-12;/h4,6-11,13H,2-3,5H2,1H3,(H,15,16);1H. The Kier molecular flexibility index (Phi) is 6.76. The highest BCUT2D eigenvalue weighted by Crippen LogP contribution is 2.27. The maximum atomic E-state index is 4.04. The summed E-state index contributed by atoms with van der Waals surface area (Å²) in [6.45, 7) is 2.23. The number of aromatic nitrogens is 1. The second kappa shape index (κ2) is 8.11. The molecular weight excluding hydrogens is 264 g/mol. The van der Waals surface area contributed by atoms with Crippen LogP contribution in [0, 0.1) is 0 Å². The van der Waals surface area contributed by atoms with E-state index in [0.717, 1.165) is 5.69 Å². The number of nitrogens with zero attached hydrogens (tertiary/aromatic N) is 1. The van der Waals surface area contributed by atoms with Crippen molar-refractivity contribution in [2.75, 3.05) is 5.32 Å². The van der Waals surface area contributed by atoms with Gasteiger partial charge in [-0.15, -0.1) is 23.7 Å². The van der Waals surface area contributed by atoms with E-state index in [1.165, 1.54) is 24.1 Å². The normalized spacial score (nSPS) is 11.6. The molecule has 0 radical (unpaired) electrons. The summed E-state index contributed by atoms with van der Waals surface area (Å²) in [5.41, 5.74) is 1.15. The first-order valence-corrected chi connectivity index (χ1v) is 6.98. The van der Waals surface area contributed by atoms with Crippen molar-refractivity contribution in [3.63, 3.8) is 0 Å². The van der Waals surface area contributed by atoms with Gasteiger partial charge in [-0.2, -0.15) is 0 Å². The number of rotatable bonds is 6. The summed E-state index contributed by atoms with van der Waals surface area (Å²) in [6, 6.07) is 8.79. The third-order valence-corrected chi connectivity index (χ3v) is 3.74. The lowest BCUT2D eigenvalue weighted by atomic mass is 10.1. The lowest BCUT2D eigenvalue weighted by molar-refractivity contribution is 0.642. The number of halogens is 1. The molecule has 1 N–H and O–H groups in total. The zero-order valence-corrected chi connectivity index (χ0v) is 12.1. The predicted octanol–water partition coefficient (Wildman–Crippen LogP) is 4.91. The zero-order valence-electron chi connectivity index (χ0n) is 10.5. The van der Waals surface area contributed by atoms with Gasteiger partial charge in [0.2, 0.25) is 0 Å². The third-order valence-electron chi connectivity index (χ3n) is 2.75. The van der Waals surface area contributed by atoms with Crippen LogP contribution >= 0.6 is 23.7 Å². The van der Waals surface area contributed by atoms with Gasteiger partial charge in [-0.3, -0.25) is 4.98 Å². The summed E-state index contributed by atoms with van der Waals surface area (Å²) in [7, 11) is 0. The predicted molar refractivity (Wildman–Crippen MR) is 81.7 cm³/mol. The molecule has 0 bridgehead atoms. The van der Waals surface area contributed by atoms with Gasteiger partial charge >= 0.3 is 0 Å². The van der Waals surface area contributed by atoms with Crippen molar-refractivity contribution < 1.29 is 0 Å². The quantitative estimate of drug-likeness (QED) is 0.814. The van der Waals surface area contributed by atoms with Crippen molar-refractivity contribution >= 4 is 29.4 Å². The average molecular weight is 283 g/mol. The highest BCUT2D eigenvalue weighted by Gasteiger charge is 2.11. The molecule has 1 unspecified atom stereocenters. The van der Waals surface area contributed by atoms with Crippen molar-refractivity contribution in [3.8, 4) is 0 Å². The second-order valence-corrected chi connectivity index (χ2v) is 5.07. The molecule has 0 aliphatic carbocycles. The van der Waals surface area contributed by atoms with Crippen LogP contribution in [-0.4, -0.2) is 4.98 Å². The van der Waals surface area contributed by atoms with Crippen molar-refractivity contribution in [2.24, 2.45) is 0 Å². The Balaban J connectivity index is 0.00000162. The van der Waals surface area contributed by atoms with Crippen molar-refractivity contribution in [1.29, 1.82) is 0 Å². The van der Waals surface area contributed by atoms with Gasteiger partial charge in [0, 0.05) is 23.0 Å². The van der Waals surface area contributed by atoms with Gasteiger partial charge in [0.1, 0.15) is 0 Å². The first-order chi connectivity index (χ1) is 8.40. The molecule has 0 saturated heterocycles. The number of anilines is 1.